The molecular weight excluding hydrogens is 332 g/mol. The summed E-state index contributed by atoms with van der Waals surface area (Å²) in [5, 5.41) is 0. The highest BCUT2D eigenvalue weighted by atomic mass is 33.1. The fraction of sp³-hybridized carbons (Fsp3) is 0.529. The van der Waals surface area contributed by atoms with Gasteiger partial charge in [0, 0.05) is 11.5 Å². The maximum Gasteiger partial charge on any atom is 0.176 e. The lowest BCUT2D eigenvalue weighted by Crippen LogP contribution is -2.51. The molecule has 0 N–H and O–H groups in total. The molecular formula is C17H26O4S2. The molecule has 2 saturated heterocycles. The molecule has 0 bridgehead atoms. The fourth-order valence-electron chi connectivity index (χ4n) is 1.85. The number of ether oxygens (including phenoxy) is 4. The Bertz CT molecular complexity index is 331. The standard InChI is InChI=1S/C11H16O4.C6H10S2/c1-3-9-12-5-11(6-13-9)7-14-10(4-2)15-8-11;1-3-5-7-8-6-4-2/h3-4,9-10H,1-2,5-8H2;3-4H,1-2,5-6H2. The molecule has 0 radical (unpaired) electrons. The van der Waals surface area contributed by atoms with Crippen LogP contribution in [-0.2, 0) is 18.9 Å². The first-order valence-electron chi connectivity index (χ1n) is 7.37. The van der Waals surface area contributed by atoms with E-state index in [9.17, 15) is 0 Å². The summed E-state index contributed by atoms with van der Waals surface area (Å²) >= 11 is 0. The van der Waals surface area contributed by atoms with Crippen molar-refractivity contribution in [2.45, 2.75) is 12.6 Å². The van der Waals surface area contributed by atoms with E-state index in [1.165, 1.54) is 0 Å². The first-order chi connectivity index (χ1) is 11.2. The monoisotopic (exact) mass is 358 g/mol. The van der Waals surface area contributed by atoms with Crippen molar-refractivity contribution in [2.75, 3.05) is 37.9 Å². The molecule has 2 aliphatic rings. The van der Waals surface area contributed by atoms with Crippen LogP contribution in [0.15, 0.2) is 50.6 Å². The molecule has 0 atom stereocenters. The Hall–Kier alpha value is -0.500. The van der Waals surface area contributed by atoms with Gasteiger partial charge in [-0.1, -0.05) is 46.9 Å². The predicted octanol–water partition coefficient (Wildman–Crippen LogP) is 3.83. The first kappa shape index (κ1) is 20.5. The molecule has 2 fully saturated rings. The molecule has 0 saturated carbocycles. The second-order valence-corrected chi connectivity index (χ2v) is 7.65. The van der Waals surface area contributed by atoms with Crippen LogP contribution in [0.3, 0.4) is 0 Å². The summed E-state index contributed by atoms with van der Waals surface area (Å²) in [5.74, 6) is 2.05. The average Bonchev–Trinajstić information content (AvgIpc) is 2.61. The topological polar surface area (TPSA) is 36.9 Å². The quantitative estimate of drug-likeness (QED) is 0.391. The van der Waals surface area contributed by atoms with Crippen LogP contribution in [0.25, 0.3) is 0 Å². The number of hydrogen-bond donors (Lipinski definition) is 0. The number of hydrogen-bond acceptors (Lipinski definition) is 6. The van der Waals surface area contributed by atoms with E-state index < -0.39 is 0 Å². The third kappa shape index (κ3) is 7.74. The van der Waals surface area contributed by atoms with Gasteiger partial charge < -0.3 is 18.9 Å². The van der Waals surface area contributed by atoms with Gasteiger partial charge in [-0.2, -0.15) is 0 Å². The summed E-state index contributed by atoms with van der Waals surface area (Å²) < 4.78 is 21.9. The molecule has 0 aromatic carbocycles. The van der Waals surface area contributed by atoms with Gasteiger partial charge in [-0.05, 0) is 12.2 Å². The van der Waals surface area contributed by atoms with E-state index in [0.717, 1.165) is 11.5 Å². The molecule has 2 aliphatic heterocycles. The fourth-order valence-corrected chi connectivity index (χ4v) is 3.39. The summed E-state index contributed by atoms with van der Waals surface area (Å²) in [5.41, 5.74) is -0.168. The van der Waals surface area contributed by atoms with Gasteiger partial charge in [-0.25, -0.2) is 0 Å². The smallest absolute Gasteiger partial charge is 0.176 e. The summed E-state index contributed by atoms with van der Waals surface area (Å²) in [7, 11) is 3.61. The minimum Gasteiger partial charge on any atom is -0.348 e. The van der Waals surface area contributed by atoms with Crippen LogP contribution in [0, 0.1) is 5.41 Å². The lowest BCUT2D eigenvalue weighted by molar-refractivity contribution is -0.282. The van der Waals surface area contributed by atoms with E-state index >= 15 is 0 Å². The largest absolute Gasteiger partial charge is 0.348 e. The van der Waals surface area contributed by atoms with Gasteiger partial charge >= 0.3 is 0 Å². The summed E-state index contributed by atoms with van der Waals surface area (Å²) in [6.07, 6.45) is 6.50. The van der Waals surface area contributed by atoms with E-state index in [2.05, 4.69) is 26.3 Å². The van der Waals surface area contributed by atoms with Gasteiger partial charge in [0.2, 0.25) is 0 Å². The molecule has 4 nitrogen and oxygen atoms in total. The van der Waals surface area contributed by atoms with Crippen molar-refractivity contribution < 1.29 is 18.9 Å². The highest BCUT2D eigenvalue weighted by molar-refractivity contribution is 8.76. The van der Waals surface area contributed by atoms with Crippen molar-refractivity contribution in [2.24, 2.45) is 5.41 Å². The Balaban J connectivity index is 0.000000284. The van der Waals surface area contributed by atoms with Crippen LogP contribution in [0.1, 0.15) is 0 Å². The molecule has 6 heteroatoms. The lowest BCUT2D eigenvalue weighted by atomic mass is 9.91. The normalized spacial score (nSPS) is 29.9. The van der Waals surface area contributed by atoms with Crippen LogP contribution in [0.2, 0.25) is 0 Å². The zero-order valence-electron chi connectivity index (χ0n) is 13.5. The third-order valence-electron chi connectivity index (χ3n) is 3.06. The Morgan fingerprint density at radius 3 is 1.35 bits per heavy atom. The molecule has 0 amide bonds. The molecule has 1 spiro atoms. The van der Waals surface area contributed by atoms with E-state index in [-0.39, 0.29) is 18.0 Å². The number of rotatable bonds is 7. The minimum atomic E-state index is -0.298. The average molecular weight is 359 g/mol. The highest BCUT2D eigenvalue weighted by Gasteiger charge is 2.40. The predicted molar refractivity (Wildman–Crippen MR) is 99.5 cm³/mol. The van der Waals surface area contributed by atoms with Gasteiger partial charge in [0.1, 0.15) is 0 Å². The first-order valence-corrected chi connectivity index (χ1v) is 9.86. The SMILES string of the molecule is C=CC1OCC2(CO1)COC(C=C)OC2.C=CCSSCC=C. The van der Waals surface area contributed by atoms with Gasteiger partial charge in [0.05, 0.1) is 31.8 Å². The Kier molecular flexibility index (Phi) is 10.7. The van der Waals surface area contributed by atoms with Crippen LogP contribution in [0.5, 0.6) is 0 Å². The Morgan fingerprint density at radius 1 is 0.739 bits per heavy atom. The van der Waals surface area contributed by atoms with Crippen LogP contribution < -0.4 is 0 Å². The van der Waals surface area contributed by atoms with Crippen molar-refractivity contribution in [1.29, 1.82) is 0 Å². The van der Waals surface area contributed by atoms with E-state index in [4.69, 9.17) is 18.9 Å². The van der Waals surface area contributed by atoms with Gasteiger partial charge in [0.15, 0.2) is 12.6 Å². The van der Waals surface area contributed by atoms with Crippen LogP contribution in [-0.4, -0.2) is 50.5 Å². The van der Waals surface area contributed by atoms with Gasteiger partial charge in [-0.15, -0.1) is 13.2 Å². The van der Waals surface area contributed by atoms with Crippen molar-refractivity contribution >= 4 is 21.6 Å². The van der Waals surface area contributed by atoms with Gasteiger partial charge in [-0.3, -0.25) is 0 Å². The van der Waals surface area contributed by atoms with Crippen molar-refractivity contribution in [1.82, 2.24) is 0 Å². The van der Waals surface area contributed by atoms with Crippen molar-refractivity contribution in [3.05, 3.63) is 50.6 Å². The molecule has 2 heterocycles. The maximum atomic E-state index is 5.46. The van der Waals surface area contributed by atoms with E-state index in [1.807, 2.05) is 12.2 Å². The Labute approximate surface area is 147 Å². The molecule has 130 valence electrons. The zero-order valence-corrected chi connectivity index (χ0v) is 15.1. The second-order valence-electron chi connectivity index (χ2n) is 5.10. The van der Waals surface area contributed by atoms with Crippen molar-refractivity contribution in [3.63, 3.8) is 0 Å². The van der Waals surface area contributed by atoms with Crippen LogP contribution >= 0.6 is 21.6 Å². The highest BCUT2D eigenvalue weighted by Crippen LogP contribution is 2.30. The third-order valence-corrected chi connectivity index (χ3v) is 5.28. The minimum absolute atomic E-state index is 0.168. The summed E-state index contributed by atoms with van der Waals surface area (Å²) in [4.78, 5) is 0. The zero-order chi connectivity index (χ0) is 17.0. The summed E-state index contributed by atoms with van der Waals surface area (Å²) in [6, 6.07) is 0. The van der Waals surface area contributed by atoms with Crippen molar-refractivity contribution in [3.8, 4) is 0 Å². The molecule has 0 aliphatic carbocycles. The molecule has 2 rings (SSSR count). The van der Waals surface area contributed by atoms with E-state index in [0.29, 0.717) is 26.4 Å². The second kappa shape index (κ2) is 11.9. The molecule has 23 heavy (non-hydrogen) atoms. The molecule has 0 aromatic heterocycles. The molecule has 0 unspecified atom stereocenters. The van der Waals surface area contributed by atoms with Crippen LogP contribution in [0.4, 0.5) is 0 Å². The molecule has 0 aromatic rings. The maximum absolute atomic E-state index is 5.46. The lowest BCUT2D eigenvalue weighted by Gasteiger charge is -2.42. The van der Waals surface area contributed by atoms with Gasteiger partial charge in [0.25, 0.3) is 0 Å². The van der Waals surface area contributed by atoms with E-state index in [1.54, 1.807) is 33.7 Å². The Morgan fingerprint density at radius 2 is 1.09 bits per heavy atom. The summed E-state index contributed by atoms with van der Waals surface area (Å²) in [6.45, 7) is 16.7.